The maximum absolute atomic E-state index is 12.6. The van der Waals surface area contributed by atoms with Crippen LogP contribution in [0.2, 0.25) is 0 Å². The summed E-state index contributed by atoms with van der Waals surface area (Å²) in [7, 11) is 1.54. The molecular formula is C17H30N2O3. The monoisotopic (exact) mass is 310 g/mol. The summed E-state index contributed by atoms with van der Waals surface area (Å²) < 4.78 is 4.89. The van der Waals surface area contributed by atoms with Gasteiger partial charge in [0.2, 0.25) is 11.8 Å². The van der Waals surface area contributed by atoms with Gasteiger partial charge in [-0.3, -0.25) is 9.59 Å². The van der Waals surface area contributed by atoms with Crippen LogP contribution in [0.4, 0.5) is 0 Å². The van der Waals surface area contributed by atoms with E-state index in [1.807, 2.05) is 4.90 Å². The Morgan fingerprint density at radius 2 is 1.55 bits per heavy atom. The Hall–Kier alpha value is -1.10. The van der Waals surface area contributed by atoms with Crippen molar-refractivity contribution in [1.29, 1.82) is 0 Å². The second-order valence-electron chi connectivity index (χ2n) is 6.99. The van der Waals surface area contributed by atoms with Crippen molar-refractivity contribution in [2.45, 2.75) is 39.5 Å². The number of rotatable bonds is 4. The first kappa shape index (κ1) is 17.3. The molecule has 2 aliphatic rings. The molecule has 0 aromatic rings. The molecule has 5 nitrogen and oxygen atoms in total. The van der Waals surface area contributed by atoms with Crippen molar-refractivity contribution in [3.63, 3.8) is 0 Å². The second-order valence-corrected chi connectivity index (χ2v) is 6.99. The molecule has 0 aromatic heterocycles. The molecule has 22 heavy (non-hydrogen) atoms. The minimum absolute atomic E-state index is 0.0335. The summed E-state index contributed by atoms with van der Waals surface area (Å²) in [6, 6.07) is 0. The lowest BCUT2D eigenvalue weighted by atomic mass is 9.86. The fourth-order valence-electron chi connectivity index (χ4n) is 3.64. The van der Waals surface area contributed by atoms with E-state index < -0.39 is 0 Å². The number of likely N-dealkylation sites (tertiary alicyclic amines) is 2. The molecule has 0 atom stereocenters. The highest BCUT2D eigenvalue weighted by Gasteiger charge is 2.32. The summed E-state index contributed by atoms with van der Waals surface area (Å²) in [6.45, 7) is 7.86. The molecule has 0 N–H and O–H groups in total. The molecule has 5 heteroatoms. The third-order valence-corrected chi connectivity index (χ3v) is 5.26. The number of methoxy groups -OCH3 is 1. The molecule has 0 aliphatic carbocycles. The Morgan fingerprint density at radius 1 is 1.00 bits per heavy atom. The average Bonchev–Trinajstić information content (AvgIpc) is 2.54. The van der Waals surface area contributed by atoms with Crippen LogP contribution in [-0.4, -0.2) is 61.5 Å². The molecule has 2 saturated heterocycles. The third kappa shape index (κ3) is 4.22. The van der Waals surface area contributed by atoms with Crippen molar-refractivity contribution in [2.75, 3.05) is 39.9 Å². The number of hydrogen-bond acceptors (Lipinski definition) is 3. The maximum Gasteiger partial charge on any atom is 0.248 e. The Balaban J connectivity index is 1.77. The molecule has 0 aromatic carbocycles. The van der Waals surface area contributed by atoms with Crippen LogP contribution >= 0.6 is 0 Å². The number of carbonyl (C=O) groups is 2. The fourth-order valence-corrected chi connectivity index (χ4v) is 3.64. The lowest BCUT2D eigenvalue weighted by Crippen LogP contribution is -2.47. The van der Waals surface area contributed by atoms with Gasteiger partial charge in [0.15, 0.2) is 0 Å². The van der Waals surface area contributed by atoms with Crippen LogP contribution in [0.15, 0.2) is 0 Å². The van der Waals surface area contributed by atoms with Gasteiger partial charge in [0.05, 0.1) is 0 Å². The number of ether oxygens (including phenoxy) is 1. The van der Waals surface area contributed by atoms with Crippen LogP contribution in [-0.2, 0) is 14.3 Å². The quantitative estimate of drug-likeness (QED) is 0.795. The van der Waals surface area contributed by atoms with Crippen LogP contribution in [0.1, 0.15) is 39.5 Å². The lowest BCUT2D eigenvalue weighted by Gasteiger charge is -2.38. The highest BCUT2D eigenvalue weighted by molar-refractivity contribution is 5.80. The molecule has 126 valence electrons. The maximum atomic E-state index is 12.6. The first-order valence-electron chi connectivity index (χ1n) is 8.58. The van der Waals surface area contributed by atoms with Gasteiger partial charge in [-0.2, -0.15) is 0 Å². The van der Waals surface area contributed by atoms with E-state index in [1.54, 1.807) is 0 Å². The van der Waals surface area contributed by atoms with Crippen LogP contribution in [0, 0.1) is 17.8 Å². The van der Waals surface area contributed by atoms with Crippen molar-refractivity contribution >= 4 is 11.8 Å². The smallest absolute Gasteiger partial charge is 0.248 e. The molecule has 0 radical (unpaired) electrons. The number of carbonyl (C=O) groups excluding carboxylic acids is 2. The third-order valence-electron chi connectivity index (χ3n) is 5.26. The van der Waals surface area contributed by atoms with Crippen LogP contribution < -0.4 is 0 Å². The van der Waals surface area contributed by atoms with Crippen molar-refractivity contribution in [1.82, 2.24) is 9.80 Å². The molecule has 0 spiro atoms. The Bertz CT molecular complexity index is 381. The topological polar surface area (TPSA) is 49.9 Å². The van der Waals surface area contributed by atoms with Crippen molar-refractivity contribution < 1.29 is 14.3 Å². The Morgan fingerprint density at radius 3 is 2.05 bits per heavy atom. The second kappa shape index (κ2) is 7.95. The van der Waals surface area contributed by atoms with E-state index >= 15 is 0 Å². The highest BCUT2D eigenvalue weighted by atomic mass is 16.5. The van der Waals surface area contributed by atoms with Gasteiger partial charge in [-0.05, 0) is 37.5 Å². The van der Waals surface area contributed by atoms with E-state index in [4.69, 9.17) is 4.74 Å². The number of amides is 2. The SMILES string of the molecule is COCC(=O)N1CCC(C(=O)N2CCC(C(C)C)CC2)CC1. The van der Waals surface area contributed by atoms with Crippen LogP contribution in [0.5, 0.6) is 0 Å². The Kier molecular flexibility index (Phi) is 6.24. The van der Waals surface area contributed by atoms with Crippen molar-refractivity contribution in [3.8, 4) is 0 Å². The number of nitrogens with zero attached hydrogens (tertiary/aromatic N) is 2. The fraction of sp³-hybridized carbons (Fsp3) is 0.882. The molecule has 2 rings (SSSR count). The molecule has 2 fully saturated rings. The standard InChI is InChI=1S/C17H30N2O3/c1-13(2)14-4-10-19(11-5-14)17(21)15-6-8-18(9-7-15)16(20)12-22-3/h13-15H,4-12H2,1-3H3. The van der Waals surface area contributed by atoms with Gasteiger partial charge in [-0.1, -0.05) is 13.8 Å². The normalized spacial score (nSPS) is 21.5. The summed E-state index contributed by atoms with van der Waals surface area (Å²) in [5.41, 5.74) is 0. The van der Waals surface area contributed by atoms with E-state index in [2.05, 4.69) is 18.7 Å². The summed E-state index contributed by atoms with van der Waals surface area (Å²) >= 11 is 0. The van der Waals surface area contributed by atoms with Gasteiger partial charge >= 0.3 is 0 Å². The van der Waals surface area contributed by atoms with Gasteiger partial charge in [0.1, 0.15) is 6.61 Å². The lowest BCUT2D eigenvalue weighted by molar-refractivity contribution is -0.143. The summed E-state index contributed by atoms with van der Waals surface area (Å²) in [5.74, 6) is 1.92. The van der Waals surface area contributed by atoms with Gasteiger partial charge in [-0.25, -0.2) is 0 Å². The zero-order valence-electron chi connectivity index (χ0n) is 14.2. The minimum Gasteiger partial charge on any atom is -0.375 e. The summed E-state index contributed by atoms with van der Waals surface area (Å²) in [5, 5.41) is 0. The Labute approximate surface area is 134 Å². The number of piperidine rings is 2. The van der Waals surface area contributed by atoms with E-state index in [0.717, 1.165) is 44.7 Å². The largest absolute Gasteiger partial charge is 0.375 e. The van der Waals surface area contributed by atoms with Crippen LogP contribution in [0.3, 0.4) is 0 Å². The molecule has 0 unspecified atom stereocenters. The van der Waals surface area contributed by atoms with E-state index in [-0.39, 0.29) is 18.4 Å². The average molecular weight is 310 g/mol. The molecular weight excluding hydrogens is 280 g/mol. The zero-order chi connectivity index (χ0) is 16.1. The minimum atomic E-state index is 0.0335. The number of hydrogen-bond donors (Lipinski definition) is 0. The van der Waals surface area contributed by atoms with Gasteiger partial charge in [0, 0.05) is 39.2 Å². The highest BCUT2D eigenvalue weighted by Crippen LogP contribution is 2.27. The first-order chi connectivity index (χ1) is 10.5. The van der Waals surface area contributed by atoms with E-state index in [1.165, 1.54) is 7.11 Å². The first-order valence-corrected chi connectivity index (χ1v) is 8.58. The van der Waals surface area contributed by atoms with Crippen molar-refractivity contribution in [3.05, 3.63) is 0 Å². The predicted octanol–water partition coefficient (Wildman–Crippen LogP) is 1.77. The van der Waals surface area contributed by atoms with Crippen molar-refractivity contribution in [2.24, 2.45) is 17.8 Å². The van der Waals surface area contributed by atoms with Gasteiger partial charge in [0.25, 0.3) is 0 Å². The van der Waals surface area contributed by atoms with Crippen LogP contribution in [0.25, 0.3) is 0 Å². The molecule has 2 heterocycles. The molecule has 0 saturated carbocycles. The van der Waals surface area contributed by atoms with Gasteiger partial charge in [-0.15, -0.1) is 0 Å². The van der Waals surface area contributed by atoms with E-state index in [0.29, 0.717) is 24.9 Å². The zero-order valence-corrected chi connectivity index (χ0v) is 14.2. The molecule has 2 amide bonds. The van der Waals surface area contributed by atoms with E-state index in [9.17, 15) is 9.59 Å². The predicted molar refractivity (Wildman–Crippen MR) is 85.3 cm³/mol. The summed E-state index contributed by atoms with van der Waals surface area (Å²) in [4.78, 5) is 28.3. The molecule has 2 aliphatic heterocycles. The van der Waals surface area contributed by atoms with Gasteiger partial charge < -0.3 is 14.5 Å². The summed E-state index contributed by atoms with van der Waals surface area (Å²) in [6.07, 6.45) is 3.85. The molecule has 0 bridgehead atoms.